The molecule has 1 aliphatic rings. The van der Waals surface area contributed by atoms with Crippen molar-refractivity contribution < 1.29 is 19.8 Å². The smallest absolute Gasteiger partial charge is 0.255 e. The minimum atomic E-state index is -1.13. The molecule has 2 amide bonds. The zero-order chi connectivity index (χ0) is 17.7. The van der Waals surface area contributed by atoms with Crippen molar-refractivity contribution in [1.29, 1.82) is 0 Å². The molecule has 132 valence electrons. The van der Waals surface area contributed by atoms with E-state index in [9.17, 15) is 19.8 Å². The average Bonchev–Trinajstić information content (AvgIpc) is 2.77. The molecule has 1 heterocycles. The second-order valence-electron chi connectivity index (χ2n) is 6.12. The lowest BCUT2D eigenvalue weighted by molar-refractivity contribution is -0.115. The summed E-state index contributed by atoms with van der Waals surface area (Å²) in [6.07, 6.45) is 1.67. The van der Waals surface area contributed by atoms with E-state index < -0.39 is 5.60 Å². The third-order valence-electron chi connectivity index (χ3n) is 4.31. The van der Waals surface area contributed by atoms with Crippen LogP contribution in [-0.4, -0.2) is 52.2 Å². The van der Waals surface area contributed by atoms with Crippen LogP contribution < -0.4 is 5.32 Å². The quantitative estimate of drug-likeness (QED) is 0.771. The van der Waals surface area contributed by atoms with E-state index in [1.165, 1.54) is 0 Å². The summed E-state index contributed by atoms with van der Waals surface area (Å²) in [5.41, 5.74) is -0.370. The number of aliphatic hydroxyl groups is 2. The lowest BCUT2D eigenvalue weighted by atomic mass is 9.96. The van der Waals surface area contributed by atoms with Crippen molar-refractivity contribution in [2.75, 3.05) is 25.0 Å². The van der Waals surface area contributed by atoms with Crippen molar-refractivity contribution in [3.05, 3.63) is 28.8 Å². The maximum atomic E-state index is 12.8. The van der Waals surface area contributed by atoms with E-state index in [1.807, 2.05) is 0 Å². The van der Waals surface area contributed by atoms with Gasteiger partial charge in [-0.3, -0.25) is 9.59 Å². The number of nitrogens with zero attached hydrogens (tertiary/aromatic N) is 1. The Labute approximate surface area is 146 Å². The normalized spacial score (nSPS) is 21.2. The highest BCUT2D eigenvalue weighted by atomic mass is 35.5. The Morgan fingerprint density at radius 2 is 2.08 bits per heavy atom. The monoisotopic (exact) mass is 354 g/mol. The van der Waals surface area contributed by atoms with Crippen molar-refractivity contribution in [1.82, 2.24) is 4.90 Å². The number of halogens is 1. The van der Waals surface area contributed by atoms with Gasteiger partial charge in [0.25, 0.3) is 5.91 Å². The van der Waals surface area contributed by atoms with Crippen molar-refractivity contribution >= 4 is 29.1 Å². The van der Waals surface area contributed by atoms with Crippen LogP contribution in [0.5, 0.6) is 0 Å². The molecule has 1 unspecified atom stereocenters. The maximum absolute atomic E-state index is 12.8. The SMILES string of the molecule is CCC(=O)Nc1cc(Cl)ccc1C(=O)N1CCCC(O)(CO)CC1. The predicted molar refractivity (Wildman–Crippen MR) is 92.2 cm³/mol. The van der Waals surface area contributed by atoms with Gasteiger partial charge < -0.3 is 20.4 Å². The molecular formula is C17H23ClN2O4. The molecule has 1 aromatic rings. The van der Waals surface area contributed by atoms with Gasteiger partial charge in [0, 0.05) is 24.5 Å². The molecule has 2 rings (SSSR count). The van der Waals surface area contributed by atoms with Crippen molar-refractivity contribution in [2.45, 2.75) is 38.2 Å². The maximum Gasteiger partial charge on any atom is 0.255 e. The van der Waals surface area contributed by atoms with Crippen LogP contribution in [0.1, 0.15) is 43.0 Å². The van der Waals surface area contributed by atoms with E-state index in [2.05, 4.69) is 5.32 Å². The Morgan fingerprint density at radius 3 is 2.75 bits per heavy atom. The molecule has 1 atom stereocenters. The fourth-order valence-electron chi connectivity index (χ4n) is 2.76. The van der Waals surface area contributed by atoms with Gasteiger partial charge in [-0.05, 0) is 37.5 Å². The second-order valence-corrected chi connectivity index (χ2v) is 6.56. The number of carbonyl (C=O) groups excluding carboxylic acids is 2. The Balaban J connectivity index is 2.21. The minimum Gasteiger partial charge on any atom is -0.393 e. The zero-order valence-electron chi connectivity index (χ0n) is 13.7. The van der Waals surface area contributed by atoms with Crippen LogP contribution in [-0.2, 0) is 4.79 Å². The summed E-state index contributed by atoms with van der Waals surface area (Å²) in [5.74, 6) is -0.419. The lowest BCUT2D eigenvalue weighted by Crippen LogP contribution is -2.36. The van der Waals surface area contributed by atoms with Crippen LogP contribution in [0.2, 0.25) is 5.02 Å². The average molecular weight is 355 g/mol. The molecule has 24 heavy (non-hydrogen) atoms. The molecule has 0 aliphatic carbocycles. The van der Waals surface area contributed by atoms with Gasteiger partial charge in [-0.25, -0.2) is 0 Å². The van der Waals surface area contributed by atoms with Gasteiger partial charge >= 0.3 is 0 Å². The number of anilines is 1. The molecular weight excluding hydrogens is 332 g/mol. The standard InChI is InChI=1S/C17H23ClN2O4/c1-2-15(22)19-14-10-12(18)4-5-13(14)16(23)20-8-3-6-17(24,11-21)7-9-20/h4-5,10,21,24H,2-3,6-9,11H2,1H3,(H,19,22). The van der Waals surface area contributed by atoms with E-state index >= 15 is 0 Å². The number of likely N-dealkylation sites (tertiary alicyclic amines) is 1. The molecule has 0 aromatic heterocycles. The van der Waals surface area contributed by atoms with Crippen molar-refractivity contribution in [3.63, 3.8) is 0 Å². The van der Waals surface area contributed by atoms with Crippen molar-refractivity contribution in [3.8, 4) is 0 Å². The van der Waals surface area contributed by atoms with Crippen LogP contribution in [0.25, 0.3) is 0 Å². The number of benzene rings is 1. The van der Waals surface area contributed by atoms with Gasteiger partial charge in [0.1, 0.15) is 0 Å². The van der Waals surface area contributed by atoms with E-state index in [4.69, 9.17) is 11.6 Å². The Hall–Kier alpha value is -1.63. The summed E-state index contributed by atoms with van der Waals surface area (Å²) in [6.45, 7) is 2.25. The third-order valence-corrected chi connectivity index (χ3v) is 4.54. The van der Waals surface area contributed by atoms with E-state index in [0.29, 0.717) is 55.0 Å². The Bertz CT molecular complexity index is 623. The number of amides is 2. The molecule has 7 heteroatoms. The summed E-state index contributed by atoms with van der Waals surface area (Å²) in [4.78, 5) is 26.2. The molecule has 3 N–H and O–H groups in total. The number of hydrogen-bond acceptors (Lipinski definition) is 4. The van der Waals surface area contributed by atoms with Gasteiger partial charge in [0.2, 0.25) is 5.91 Å². The first-order valence-corrected chi connectivity index (χ1v) is 8.48. The largest absolute Gasteiger partial charge is 0.393 e. The van der Waals surface area contributed by atoms with E-state index in [-0.39, 0.29) is 18.4 Å². The van der Waals surface area contributed by atoms with Crippen LogP contribution in [0.4, 0.5) is 5.69 Å². The van der Waals surface area contributed by atoms with Crippen LogP contribution in [0.3, 0.4) is 0 Å². The van der Waals surface area contributed by atoms with E-state index in [1.54, 1.807) is 30.0 Å². The molecule has 1 saturated heterocycles. The molecule has 0 radical (unpaired) electrons. The van der Waals surface area contributed by atoms with Gasteiger partial charge in [0.05, 0.1) is 23.5 Å². The summed E-state index contributed by atoms with van der Waals surface area (Å²) >= 11 is 5.98. The highest BCUT2D eigenvalue weighted by Crippen LogP contribution is 2.26. The first-order valence-electron chi connectivity index (χ1n) is 8.10. The number of aliphatic hydroxyl groups excluding tert-OH is 1. The van der Waals surface area contributed by atoms with E-state index in [0.717, 1.165) is 0 Å². The number of carbonyl (C=O) groups is 2. The topological polar surface area (TPSA) is 89.9 Å². The van der Waals surface area contributed by atoms with Gasteiger partial charge in [-0.1, -0.05) is 18.5 Å². The zero-order valence-corrected chi connectivity index (χ0v) is 14.5. The number of hydrogen-bond donors (Lipinski definition) is 3. The van der Waals surface area contributed by atoms with Crippen LogP contribution >= 0.6 is 11.6 Å². The van der Waals surface area contributed by atoms with Gasteiger partial charge in [-0.15, -0.1) is 0 Å². The molecule has 0 saturated carbocycles. The van der Waals surface area contributed by atoms with Crippen molar-refractivity contribution in [2.24, 2.45) is 0 Å². The lowest BCUT2D eigenvalue weighted by Gasteiger charge is -2.25. The van der Waals surface area contributed by atoms with Gasteiger partial charge in [0.15, 0.2) is 0 Å². The molecule has 1 aliphatic heterocycles. The summed E-state index contributed by atoms with van der Waals surface area (Å²) in [5, 5.41) is 22.6. The third kappa shape index (κ3) is 4.47. The Morgan fingerprint density at radius 1 is 1.33 bits per heavy atom. The second kappa shape index (κ2) is 7.96. The number of nitrogens with one attached hydrogen (secondary N) is 1. The molecule has 0 spiro atoms. The molecule has 1 fully saturated rings. The fraction of sp³-hybridized carbons (Fsp3) is 0.529. The first-order chi connectivity index (χ1) is 11.4. The Kier molecular flexibility index (Phi) is 6.21. The van der Waals surface area contributed by atoms with Crippen LogP contribution in [0, 0.1) is 0 Å². The summed E-state index contributed by atoms with van der Waals surface area (Å²) in [7, 11) is 0. The van der Waals surface area contributed by atoms with Gasteiger partial charge in [-0.2, -0.15) is 0 Å². The molecule has 1 aromatic carbocycles. The summed E-state index contributed by atoms with van der Waals surface area (Å²) in [6, 6.07) is 4.77. The number of rotatable bonds is 4. The molecule has 0 bridgehead atoms. The highest BCUT2D eigenvalue weighted by Gasteiger charge is 2.31. The molecule has 6 nitrogen and oxygen atoms in total. The first kappa shape index (κ1) is 18.7. The summed E-state index contributed by atoms with van der Waals surface area (Å²) < 4.78 is 0. The fourth-order valence-corrected chi connectivity index (χ4v) is 2.93. The highest BCUT2D eigenvalue weighted by molar-refractivity contribution is 6.31. The minimum absolute atomic E-state index is 0.197. The predicted octanol–water partition coefficient (Wildman–Crippen LogP) is 2.04. The van der Waals surface area contributed by atoms with Crippen LogP contribution in [0.15, 0.2) is 18.2 Å².